The number of hydrogen-bond donors (Lipinski definition) is 3. The number of nitrogens with zero attached hydrogens (tertiary/aromatic N) is 4. The average molecular weight is 579 g/mol. The maximum atomic E-state index is 9.85. The molecule has 11 nitrogen and oxygen atoms in total. The normalized spacial score (nSPS) is 15.7. The van der Waals surface area contributed by atoms with Gasteiger partial charge >= 0.3 is 0 Å². The van der Waals surface area contributed by atoms with Crippen LogP contribution in [0.25, 0.3) is 11.3 Å². The number of aromatic nitrogens is 2. The van der Waals surface area contributed by atoms with Gasteiger partial charge in [-0.15, -0.1) is 0 Å². The first kappa shape index (κ1) is 31.0. The molecule has 2 aliphatic rings. The minimum Gasteiger partial charge on any atom is -0.493 e. The van der Waals surface area contributed by atoms with E-state index in [-0.39, 0.29) is 7.53 Å². The monoisotopic (exact) mass is 578 g/mol. The molecule has 3 aromatic rings. The highest BCUT2D eigenvalue weighted by Gasteiger charge is 2.21. The van der Waals surface area contributed by atoms with Crippen molar-refractivity contribution in [1.82, 2.24) is 15.3 Å². The van der Waals surface area contributed by atoms with Crippen molar-refractivity contribution >= 4 is 17.3 Å². The van der Waals surface area contributed by atoms with Crippen LogP contribution in [0.5, 0.6) is 11.5 Å². The molecule has 0 spiro atoms. The summed E-state index contributed by atoms with van der Waals surface area (Å²) in [6, 6.07) is 15.9. The lowest BCUT2D eigenvalue weighted by molar-refractivity contribution is -0.306. The third-order valence-corrected chi connectivity index (χ3v) is 6.69. The van der Waals surface area contributed by atoms with Gasteiger partial charge in [0, 0.05) is 37.7 Å². The predicted molar refractivity (Wildman–Crippen MR) is 164 cm³/mol. The highest BCUT2D eigenvalue weighted by Crippen LogP contribution is 2.37. The Kier molecular flexibility index (Phi) is 10.9. The molecule has 2 aromatic carbocycles. The van der Waals surface area contributed by atoms with E-state index in [0.29, 0.717) is 28.7 Å². The zero-order valence-corrected chi connectivity index (χ0v) is 24.7. The Hall–Kier alpha value is -3.95. The Bertz CT molecular complexity index is 1330. The van der Waals surface area contributed by atoms with Crippen LogP contribution in [0.1, 0.15) is 40.6 Å². The standard InChI is InChI=1S/C27H30N6O3.C4H10O2.H2/c1-34-25-17-19(16-20(18-28)26(25)36-23-6-9-29-10-7-23)24-8-11-30-27(32-24)31-21-2-4-22(5-3-21)33-12-14-35-15-13-33;1-4(2,3)6-5;/h2-5,8,11,16-17,23,29H,6-7,9-10,12-15H2,1H3,(H,30,31,32);5H,1-3H3;1H. The van der Waals surface area contributed by atoms with Gasteiger partial charge in [-0.3, -0.25) is 5.26 Å². The molecule has 0 radical (unpaired) electrons. The molecule has 42 heavy (non-hydrogen) atoms. The number of benzene rings is 2. The van der Waals surface area contributed by atoms with E-state index in [0.717, 1.165) is 63.5 Å². The van der Waals surface area contributed by atoms with Gasteiger partial charge in [-0.25, -0.2) is 14.9 Å². The number of morpholine rings is 1. The highest BCUT2D eigenvalue weighted by atomic mass is 17.1. The zero-order chi connectivity index (χ0) is 30.0. The smallest absolute Gasteiger partial charge is 0.227 e. The Morgan fingerprint density at radius 1 is 1.12 bits per heavy atom. The highest BCUT2D eigenvalue weighted by molar-refractivity contribution is 5.70. The van der Waals surface area contributed by atoms with Crippen molar-refractivity contribution in [3.63, 3.8) is 0 Å². The number of piperidine rings is 1. The molecule has 1 aromatic heterocycles. The van der Waals surface area contributed by atoms with Gasteiger partial charge in [-0.2, -0.15) is 5.26 Å². The minimum absolute atomic E-state index is 0. The first-order valence-corrected chi connectivity index (χ1v) is 14.1. The van der Waals surface area contributed by atoms with Crippen molar-refractivity contribution in [2.45, 2.75) is 45.3 Å². The Labute approximate surface area is 248 Å². The Balaban J connectivity index is 0.000000658. The molecule has 11 heteroatoms. The first-order chi connectivity index (χ1) is 20.3. The molecular formula is C31H42N6O5. The summed E-state index contributed by atoms with van der Waals surface area (Å²) < 4.78 is 17.3. The summed E-state index contributed by atoms with van der Waals surface area (Å²) in [6.45, 7) is 10.4. The molecule has 5 rings (SSSR count). The number of hydrogen-bond acceptors (Lipinski definition) is 11. The van der Waals surface area contributed by atoms with Crippen molar-refractivity contribution in [3.8, 4) is 28.8 Å². The number of methoxy groups -OCH3 is 1. The van der Waals surface area contributed by atoms with E-state index in [1.54, 1.807) is 40.1 Å². The van der Waals surface area contributed by atoms with E-state index in [1.165, 1.54) is 5.69 Å². The second kappa shape index (κ2) is 14.8. The molecule has 2 aliphatic heterocycles. The quantitative estimate of drug-likeness (QED) is 0.250. The molecule has 0 aliphatic carbocycles. The van der Waals surface area contributed by atoms with E-state index >= 15 is 0 Å². The van der Waals surface area contributed by atoms with E-state index in [4.69, 9.17) is 19.5 Å². The number of nitrogens with one attached hydrogen (secondary N) is 2. The zero-order valence-electron chi connectivity index (χ0n) is 24.7. The lowest BCUT2D eigenvalue weighted by Gasteiger charge is -2.28. The molecule has 0 bridgehead atoms. The SMILES string of the molecule is CC(C)(C)OO.COc1cc(-c2ccnc(Nc3ccc(N4CCOCC4)cc3)n2)cc(C#N)c1OC1CCNCC1.[HH]. The van der Waals surface area contributed by atoms with Gasteiger partial charge in [-0.1, -0.05) is 0 Å². The third-order valence-electron chi connectivity index (χ3n) is 6.69. The maximum Gasteiger partial charge on any atom is 0.227 e. The van der Waals surface area contributed by atoms with Gasteiger partial charge in [0.2, 0.25) is 5.95 Å². The second-order valence-corrected chi connectivity index (χ2v) is 11.0. The lowest BCUT2D eigenvalue weighted by atomic mass is 10.1. The summed E-state index contributed by atoms with van der Waals surface area (Å²) >= 11 is 0. The molecule has 0 unspecified atom stereocenters. The molecule has 0 amide bonds. The molecule has 226 valence electrons. The van der Waals surface area contributed by atoms with Crippen LogP contribution in [0.2, 0.25) is 0 Å². The third kappa shape index (κ3) is 8.77. The number of ether oxygens (including phenoxy) is 3. The van der Waals surface area contributed by atoms with Crippen molar-refractivity contribution in [1.29, 1.82) is 5.26 Å². The fourth-order valence-electron chi connectivity index (χ4n) is 4.47. The fraction of sp³-hybridized carbons (Fsp3) is 0.452. The predicted octanol–water partition coefficient (Wildman–Crippen LogP) is 5.26. The van der Waals surface area contributed by atoms with Gasteiger partial charge in [-0.05, 0) is 89.2 Å². The van der Waals surface area contributed by atoms with E-state index in [1.807, 2.05) is 24.3 Å². The van der Waals surface area contributed by atoms with Crippen molar-refractivity contribution in [3.05, 3.63) is 54.2 Å². The summed E-state index contributed by atoms with van der Waals surface area (Å²) in [6.07, 6.45) is 3.54. The van der Waals surface area contributed by atoms with Crippen LogP contribution in [0.4, 0.5) is 17.3 Å². The van der Waals surface area contributed by atoms with Crippen molar-refractivity contribution in [2.75, 3.05) is 56.7 Å². The van der Waals surface area contributed by atoms with Crippen LogP contribution >= 0.6 is 0 Å². The summed E-state index contributed by atoms with van der Waals surface area (Å²) in [5.41, 5.74) is 3.52. The molecular weight excluding hydrogens is 536 g/mol. The summed E-state index contributed by atoms with van der Waals surface area (Å²) in [4.78, 5) is 15.3. The molecule has 0 saturated carbocycles. The Morgan fingerprint density at radius 2 is 1.81 bits per heavy atom. The fourth-order valence-corrected chi connectivity index (χ4v) is 4.47. The maximum absolute atomic E-state index is 9.85. The van der Waals surface area contributed by atoms with Gasteiger partial charge in [0.05, 0.1) is 37.2 Å². The van der Waals surface area contributed by atoms with Gasteiger partial charge in [0.15, 0.2) is 11.5 Å². The lowest BCUT2D eigenvalue weighted by Crippen LogP contribution is -2.36. The van der Waals surface area contributed by atoms with Crippen LogP contribution < -0.4 is 25.0 Å². The Morgan fingerprint density at radius 3 is 2.43 bits per heavy atom. The molecule has 0 atom stereocenters. The van der Waals surface area contributed by atoms with Gasteiger partial charge < -0.3 is 29.7 Å². The summed E-state index contributed by atoms with van der Waals surface area (Å²) in [5.74, 6) is 1.48. The summed E-state index contributed by atoms with van der Waals surface area (Å²) in [7, 11) is 1.59. The first-order valence-electron chi connectivity index (χ1n) is 14.1. The van der Waals surface area contributed by atoms with Gasteiger partial charge in [0.1, 0.15) is 12.2 Å². The number of anilines is 3. The molecule has 2 fully saturated rings. The molecule has 3 N–H and O–H groups in total. The van der Waals surface area contributed by atoms with E-state index in [2.05, 4.69) is 48.6 Å². The van der Waals surface area contributed by atoms with Crippen LogP contribution in [-0.4, -0.2) is 73.4 Å². The molecule has 2 saturated heterocycles. The molecule has 3 heterocycles. The topological polar surface area (TPSA) is 134 Å². The van der Waals surface area contributed by atoms with E-state index < -0.39 is 5.60 Å². The van der Waals surface area contributed by atoms with Crippen LogP contribution in [0, 0.1) is 11.3 Å². The minimum atomic E-state index is -0.403. The van der Waals surface area contributed by atoms with Gasteiger partial charge in [0.25, 0.3) is 0 Å². The largest absolute Gasteiger partial charge is 0.493 e. The number of nitriles is 1. The van der Waals surface area contributed by atoms with Crippen LogP contribution in [0.3, 0.4) is 0 Å². The average Bonchev–Trinajstić information content (AvgIpc) is 3.02. The van der Waals surface area contributed by atoms with Crippen LogP contribution in [0.15, 0.2) is 48.7 Å². The van der Waals surface area contributed by atoms with Crippen molar-refractivity contribution < 1.29 is 25.8 Å². The van der Waals surface area contributed by atoms with E-state index in [9.17, 15) is 5.26 Å². The summed E-state index contributed by atoms with van der Waals surface area (Å²) in [5, 5.41) is 24.4. The number of rotatable bonds is 7. The van der Waals surface area contributed by atoms with Crippen molar-refractivity contribution in [2.24, 2.45) is 0 Å². The second-order valence-electron chi connectivity index (χ2n) is 11.0. The van der Waals surface area contributed by atoms with Crippen LogP contribution in [-0.2, 0) is 9.62 Å².